The van der Waals surface area contributed by atoms with Crippen LogP contribution in [-0.2, 0) is 19.4 Å². The van der Waals surface area contributed by atoms with Crippen molar-refractivity contribution in [3.63, 3.8) is 0 Å². The van der Waals surface area contributed by atoms with Crippen molar-refractivity contribution in [3.05, 3.63) is 53.2 Å². The fourth-order valence-electron chi connectivity index (χ4n) is 2.66. The van der Waals surface area contributed by atoms with E-state index in [9.17, 15) is 0 Å². The highest BCUT2D eigenvalue weighted by molar-refractivity contribution is 5.47. The van der Waals surface area contributed by atoms with Gasteiger partial charge in [0, 0.05) is 25.2 Å². The molecule has 1 aromatic carbocycles. The van der Waals surface area contributed by atoms with Gasteiger partial charge in [0.25, 0.3) is 0 Å². The van der Waals surface area contributed by atoms with Crippen molar-refractivity contribution < 1.29 is 0 Å². The Balaban J connectivity index is 1.85. The van der Waals surface area contributed by atoms with Crippen LogP contribution in [0.2, 0.25) is 0 Å². The van der Waals surface area contributed by atoms with Gasteiger partial charge in [0.15, 0.2) is 5.82 Å². The van der Waals surface area contributed by atoms with Crippen LogP contribution in [0.4, 0.5) is 5.82 Å². The molecule has 0 unspecified atom stereocenters. The predicted octanol–water partition coefficient (Wildman–Crippen LogP) is 1.54. The number of fused-ring (bicyclic) bond motifs is 1. The van der Waals surface area contributed by atoms with E-state index in [-0.39, 0.29) is 0 Å². The molecule has 0 bridgehead atoms. The van der Waals surface area contributed by atoms with Crippen molar-refractivity contribution in [2.45, 2.75) is 19.4 Å². The highest BCUT2D eigenvalue weighted by atomic mass is 15.3. The molecular weight excluding hydrogens is 236 g/mol. The summed E-state index contributed by atoms with van der Waals surface area (Å²) in [6.07, 6.45) is 3.81. The highest BCUT2D eigenvalue weighted by Crippen LogP contribution is 2.21. The van der Waals surface area contributed by atoms with Gasteiger partial charge in [-0.15, -0.1) is 5.10 Å². The van der Waals surface area contributed by atoms with Gasteiger partial charge >= 0.3 is 0 Å². The summed E-state index contributed by atoms with van der Waals surface area (Å²) >= 11 is 0. The van der Waals surface area contributed by atoms with Crippen LogP contribution in [0.3, 0.4) is 0 Å². The zero-order chi connectivity index (χ0) is 13.1. The summed E-state index contributed by atoms with van der Waals surface area (Å²) in [5.41, 5.74) is 9.75. The van der Waals surface area contributed by atoms with E-state index in [0.717, 1.165) is 37.3 Å². The first-order valence-electron chi connectivity index (χ1n) is 6.71. The van der Waals surface area contributed by atoms with Gasteiger partial charge in [-0.3, -0.25) is 0 Å². The molecule has 3 rings (SSSR count). The quantitative estimate of drug-likeness (QED) is 0.883. The molecule has 0 amide bonds. The molecule has 4 heteroatoms. The summed E-state index contributed by atoms with van der Waals surface area (Å²) in [6.45, 7) is 2.46. The lowest BCUT2D eigenvalue weighted by Gasteiger charge is -2.22. The molecule has 1 aliphatic rings. The molecule has 0 saturated heterocycles. The van der Waals surface area contributed by atoms with Crippen LogP contribution in [0, 0.1) is 0 Å². The number of nitrogens with two attached hydrogens (primary N) is 1. The zero-order valence-corrected chi connectivity index (χ0v) is 10.9. The maximum atomic E-state index is 5.79. The van der Waals surface area contributed by atoms with Crippen LogP contribution >= 0.6 is 0 Å². The number of hydrogen-bond donors (Lipinski definition) is 1. The normalized spacial score (nSPS) is 14.9. The van der Waals surface area contributed by atoms with E-state index in [1.54, 1.807) is 6.20 Å². The van der Waals surface area contributed by atoms with Gasteiger partial charge < -0.3 is 10.6 Å². The van der Waals surface area contributed by atoms with Crippen LogP contribution in [-0.4, -0.2) is 23.3 Å². The summed E-state index contributed by atoms with van der Waals surface area (Å²) in [7, 11) is 0. The molecule has 1 aliphatic heterocycles. The second-order valence-electron chi connectivity index (χ2n) is 4.84. The molecule has 4 nitrogen and oxygen atoms in total. The number of aromatic nitrogens is 2. The van der Waals surface area contributed by atoms with E-state index in [1.165, 1.54) is 11.1 Å². The SMILES string of the molecule is NCc1ccnnc1N1CCc2ccccc2CC1. The average Bonchev–Trinajstić information content (AvgIpc) is 2.70. The first kappa shape index (κ1) is 12.1. The molecular formula is C15H18N4. The van der Waals surface area contributed by atoms with E-state index in [0.29, 0.717) is 6.54 Å². The lowest BCUT2D eigenvalue weighted by Crippen LogP contribution is -2.28. The second kappa shape index (κ2) is 5.36. The first-order chi connectivity index (χ1) is 9.38. The van der Waals surface area contributed by atoms with Crippen LogP contribution < -0.4 is 10.6 Å². The third-order valence-corrected chi connectivity index (χ3v) is 3.72. The zero-order valence-electron chi connectivity index (χ0n) is 10.9. The Hall–Kier alpha value is -1.94. The van der Waals surface area contributed by atoms with Crippen molar-refractivity contribution in [2.75, 3.05) is 18.0 Å². The standard InChI is InChI=1S/C15H18N4/c16-11-14-5-8-17-18-15(14)19-9-6-12-3-1-2-4-13(12)7-10-19/h1-5,8H,6-7,9-11,16H2. The monoisotopic (exact) mass is 254 g/mol. The predicted molar refractivity (Wildman–Crippen MR) is 76.0 cm³/mol. The minimum Gasteiger partial charge on any atom is -0.354 e. The summed E-state index contributed by atoms with van der Waals surface area (Å²) < 4.78 is 0. The second-order valence-corrected chi connectivity index (χ2v) is 4.84. The number of benzene rings is 1. The van der Waals surface area contributed by atoms with Crippen molar-refractivity contribution in [2.24, 2.45) is 5.73 Å². The van der Waals surface area contributed by atoms with Gasteiger partial charge in [-0.25, -0.2) is 0 Å². The van der Waals surface area contributed by atoms with Crippen LogP contribution in [0.25, 0.3) is 0 Å². The van der Waals surface area contributed by atoms with Crippen LogP contribution in [0.1, 0.15) is 16.7 Å². The smallest absolute Gasteiger partial charge is 0.155 e. The van der Waals surface area contributed by atoms with E-state index in [1.807, 2.05) is 6.07 Å². The molecule has 2 N–H and O–H groups in total. The lowest BCUT2D eigenvalue weighted by atomic mass is 10.0. The minimum absolute atomic E-state index is 0.508. The maximum Gasteiger partial charge on any atom is 0.155 e. The Bertz CT molecular complexity index is 541. The molecule has 19 heavy (non-hydrogen) atoms. The number of anilines is 1. The molecule has 2 heterocycles. The molecule has 0 fully saturated rings. The van der Waals surface area contributed by atoms with Gasteiger partial charge in [-0.1, -0.05) is 24.3 Å². The van der Waals surface area contributed by atoms with Crippen LogP contribution in [0.5, 0.6) is 0 Å². The Morgan fingerprint density at radius 2 is 1.74 bits per heavy atom. The van der Waals surface area contributed by atoms with E-state index < -0.39 is 0 Å². The van der Waals surface area contributed by atoms with E-state index in [2.05, 4.69) is 39.4 Å². The fourth-order valence-corrected chi connectivity index (χ4v) is 2.66. The van der Waals surface area contributed by atoms with Gasteiger partial charge in [-0.2, -0.15) is 5.10 Å². The van der Waals surface area contributed by atoms with Gasteiger partial charge in [0.05, 0.1) is 6.20 Å². The maximum absolute atomic E-state index is 5.79. The molecule has 0 radical (unpaired) electrons. The summed E-state index contributed by atoms with van der Waals surface area (Å²) in [4.78, 5) is 2.30. The third-order valence-electron chi connectivity index (χ3n) is 3.72. The van der Waals surface area contributed by atoms with E-state index in [4.69, 9.17) is 5.73 Å². The Kier molecular flexibility index (Phi) is 3.42. The Morgan fingerprint density at radius 1 is 1.05 bits per heavy atom. The molecule has 2 aromatic rings. The van der Waals surface area contributed by atoms with Gasteiger partial charge in [0.1, 0.15) is 0 Å². The number of nitrogens with zero attached hydrogens (tertiary/aromatic N) is 3. The number of hydrogen-bond acceptors (Lipinski definition) is 4. The summed E-state index contributed by atoms with van der Waals surface area (Å²) in [5, 5.41) is 8.27. The lowest BCUT2D eigenvalue weighted by molar-refractivity contribution is 0.765. The third kappa shape index (κ3) is 2.44. The first-order valence-corrected chi connectivity index (χ1v) is 6.71. The molecule has 0 spiro atoms. The highest BCUT2D eigenvalue weighted by Gasteiger charge is 2.17. The minimum atomic E-state index is 0.508. The molecule has 0 atom stereocenters. The molecule has 98 valence electrons. The Morgan fingerprint density at radius 3 is 2.37 bits per heavy atom. The molecule has 0 saturated carbocycles. The summed E-state index contributed by atoms with van der Waals surface area (Å²) in [5.74, 6) is 0.942. The van der Waals surface area contributed by atoms with Crippen molar-refractivity contribution in [1.29, 1.82) is 0 Å². The average molecular weight is 254 g/mol. The van der Waals surface area contributed by atoms with Gasteiger partial charge in [0.2, 0.25) is 0 Å². The molecule has 1 aromatic heterocycles. The van der Waals surface area contributed by atoms with Gasteiger partial charge in [-0.05, 0) is 30.0 Å². The largest absolute Gasteiger partial charge is 0.354 e. The topological polar surface area (TPSA) is 55.0 Å². The van der Waals surface area contributed by atoms with Crippen molar-refractivity contribution in [3.8, 4) is 0 Å². The molecule has 0 aliphatic carbocycles. The fraction of sp³-hybridized carbons (Fsp3) is 0.333. The Labute approximate surface area is 113 Å². The number of rotatable bonds is 2. The van der Waals surface area contributed by atoms with Crippen molar-refractivity contribution >= 4 is 5.82 Å². The van der Waals surface area contributed by atoms with Crippen molar-refractivity contribution in [1.82, 2.24) is 10.2 Å². The summed E-state index contributed by atoms with van der Waals surface area (Å²) in [6, 6.07) is 10.6. The van der Waals surface area contributed by atoms with Crippen LogP contribution in [0.15, 0.2) is 36.5 Å². The van der Waals surface area contributed by atoms with E-state index >= 15 is 0 Å².